The van der Waals surface area contributed by atoms with Crippen LogP contribution in [0.1, 0.15) is 78.6 Å². The van der Waals surface area contributed by atoms with Crippen molar-refractivity contribution in [2.24, 2.45) is 52.3 Å². The number of aliphatic hydroxyl groups excluding tert-OH is 1. The number of aliphatic carboxylic acids is 1. The van der Waals surface area contributed by atoms with E-state index in [-0.39, 0.29) is 52.8 Å². The van der Waals surface area contributed by atoms with Crippen LogP contribution in [0.15, 0.2) is 0 Å². The Balaban J connectivity index is 1.79. The topological polar surface area (TPSA) is 77.8 Å². The molecule has 194 valence electrons. The van der Waals surface area contributed by atoms with Crippen LogP contribution in [0.3, 0.4) is 0 Å². The normalized spacial score (nSPS) is 45.5. The fraction of sp³-hybridized carbons (Fsp3) is 0.963. The molecule has 4 aliphatic rings. The van der Waals surface area contributed by atoms with Crippen molar-refractivity contribution in [2.45, 2.75) is 106 Å². The summed E-state index contributed by atoms with van der Waals surface area (Å²) in [5.41, 5.74) is -2.40. The number of hydrogen-bond donors (Lipinski definition) is 3. The molecule has 0 aromatic carbocycles. The van der Waals surface area contributed by atoms with Crippen LogP contribution in [-0.4, -0.2) is 95.7 Å². The molecule has 4 fully saturated rings. The van der Waals surface area contributed by atoms with Gasteiger partial charge in [-0.2, -0.15) is 0 Å². The van der Waals surface area contributed by atoms with Crippen LogP contribution in [0.2, 0.25) is 15.5 Å². The van der Waals surface area contributed by atoms with Gasteiger partial charge in [0.1, 0.15) is 7.85 Å². The van der Waals surface area contributed by atoms with E-state index >= 15 is 0 Å². The second-order valence-corrected chi connectivity index (χ2v) is 14.5. The van der Waals surface area contributed by atoms with Gasteiger partial charge < -0.3 is 15.3 Å². The van der Waals surface area contributed by atoms with Gasteiger partial charge in [0.15, 0.2) is 0 Å². The summed E-state index contributed by atoms with van der Waals surface area (Å²) in [6, 6.07) is 0. The number of carbonyl (C=O) groups is 1. The zero-order valence-electron chi connectivity index (χ0n) is 23.9. The summed E-state index contributed by atoms with van der Waals surface area (Å²) < 4.78 is 0. The van der Waals surface area contributed by atoms with Gasteiger partial charge in [0.2, 0.25) is 0 Å². The smallest absolute Gasteiger partial charge is 0.292 e. The van der Waals surface area contributed by atoms with Gasteiger partial charge in [0, 0.05) is 29.0 Å². The van der Waals surface area contributed by atoms with Crippen LogP contribution in [0, 0.1) is 52.3 Å². The van der Waals surface area contributed by atoms with Crippen molar-refractivity contribution >= 4 is 68.7 Å². The molecule has 16 radical (unpaired) electrons. The van der Waals surface area contributed by atoms with Crippen molar-refractivity contribution < 1.29 is 20.1 Å². The SMILES string of the molecule is [B]C([B])(C[C@@H](CC)C1CC[C@H]2[C@H]3[C@H](CC[C@]12C)[C@@]1(C)CC[C@@H](O)C[C@H]1[C@@H](C([B])([B])C([B])([B])[B])[C@@]3([B])O)C(=O)O. The highest BCUT2D eigenvalue weighted by molar-refractivity contribution is 6.67. The van der Waals surface area contributed by atoms with Gasteiger partial charge in [-0.15, -0.1) is 10.3 Å². The lowest BCUT2D eigenvalue weighted by atomic mass is 9.16. The van der Waals surface area contributed by atoms with Crippen molar-refractivity contribution in [3.8, 4) is 0 Å². The first-order chi connectivity index (χ1) is 17.7. The maximum Gasteiger partial charge on any atom is 0.292 e. The molecule has 0 spiro atoms. The van der Waals surface area contributed by atoms with Crippen LogP contribution in [0.4, 0.5) is 0 Å². The monoisotopic (exact) mass is 514 g/mol. The van der Waals surface area contributed by atoms with Crippen LogP contribution in [0.25, 0.3) is 0 Å². The van der Waals surface area contributed by atoms with E-state index in [0.29, 0.717) is 12.8 Å². The Morgan fingerprint density at radius 1 is 0.923 bits per heavy atom. The van der Waals surface area contributed by atoms with Crippen LogP contribution in [0.5, 0.6) is 0 Å². The molecule has 11 atom stereocenters. The molecular weight excluding hydrogens is 475 g/mol. The third kappa shape index (κ3) is 4.80. The van der Waals surface area contributed by atoms with Gasteiger partial charge in [-0.25, -0.2) is 0 Å². The Kier molecular flexibility index (Phi) is 8.15. The Morgan fingerprint density at radius 2 is 1.49 bits per heavy atom. The van der Waals surface area contributed by atoms with Crippen LogP contribution in [-0.2, 0) is 4.79 Å². The van der Waals surface area contributed by atoms with E-state index in [1.54, 1.807) is 0 Å². The molecule has 0 amide bonds. The minimum absolute atomic E-state index is 0.00560. The van der Waals surface area contributed by atoms with E-state index < -0.39 is 39.0 Å². The average Bonchev–Trinajstić information content (AvgIpc) is 3.14. The molecule has 1 unspecified atom stereocenters. The standard InChI is InChI=1S/C27H38B8O4/c1-4-13(12-24(28,29)21(37)38)15-5-6-16-19-17(8-10-22(15,16)2)23(3)9-7-14(36)11-18(23)20(25(19,30)39)26(31,32)27(33,34)35/h13-20,36,39H,4-12H2,1-3H3,(H,37,38)/t13-,14-,15?,16+,17+,18+,19+,20-,22-,23-,25+/m1/s1. The minimum atomic E-state index is -2.03. The third-order valence-electron chi connectivity index (χ3n) is 12.4. The van der Waals surface area contributed by atoms with Crippen molar-refractivity contribution in [3.63, 3.8) is 0 Å². The number of aliphatic hydroxyl groups is 2. The summed E-state index contributed by atoms with van der Waals surface area (Å²) >= 11 is 0. The molecule has 3 N–H and O–H groups in total. The van der Waals surface area contributed by atoms with Gasteiger partial charge >= 0.3 is 0 Å². The molecule has 4 rings (SSSR count). The first kappa shape index (κ1) is 31.8. The maximum absolute atomic E-state index is 12.4. The van der Waals surface area contributed by atoms with E-state index in [2.05, 4.69) is 13.8 Å². The second-order valence-electron chi connectivity index (χ2n) is 14.5. The molecule has 4 saturated carbocycles. The van der Waals surface area contributed by atoms with E-state index in [9.17, 15) is 20.1 Å². The number of rotatable bonds is 7. The second kappa shape index (κ2) is 9.99. The molecule has 0 heterocycles. The Morgan fingerprint density at radius 3 is 2.03 bits per heavy atom. The van der Waals surface area contributed by atoms with Gasteiger partial charge in [0.05, 0.1) is 37.5 Å². The number of carboxylic acids is 1. The molecular formula is C27H38B8O4. The average molecular weight is 513 g/mol. The highest BCUT2D eigenvalue weighted by atomic mass is 16.4. The largest absolute Gasteiger partial charge is 0.482 e. The van der Waals surface area contributed by atoms with Crippen molar-refractivity contribution in [2.75, 3.05) is 0 Å². The highest BCUT2D eigenvalue weighted by Gasteiger charge is 2.70. The zero-order chi connectivity index (χ0) is 29.6. The summed E-state index contributed by atoms with van der Waals surface area (Å²) in [6.07, 6.45) is 5.48. The summed E-state index contributed by atoms with van der Waals surface area (Å²) in [6.45, 7) is 6.49. The van der Waals surface area contributed by atoms with Gasteiger partial charge in [0.25, 0.3) is 5.97 Å². The first-order valence-electron chi connectivity index (χ1n) is 14.6. The fourth-order valence-electron chi connectivity index (χ4n) is 10.3. The third-order valence-corrected chi connectivity index (χ3v) is 12.4. The molecule has 4 nitrogen and oxygen atoms in total. The number of carboxylic acid groups (broad SMARTS) is 1. The summed E-state index contributed by atoms with van der Waals surface area (Å²) in [7, 11) is 50.7. The molecule has 0 bridgehead atoms. The molecule has 12 heteroatoms. The lowest BCUT2D eigenvalue weighted by Crippen LogP contribution is -2.71. The maximum atomic E-state index is 12.4. The molecule has 0 aromatic heterocycles. The van der Waals surface area contributed by atoms with Crippen molar-refractivity contribution in [1.82, 2.24) is 0 Å². The molecule has 0 aliphatic heterocycles. The minimum Gasteiger partial charge on any atom is -0.482 e. The quantitative estimate of drug-likeness (QED) is 0.454. The van der Waals surface area contributed by atoms with Crippen molar-refractivity contribution in [1.29, 1.82) is 0 Å². The van der Waals surface area contributed by atoms with E-state index in [4.69, 9.17) is 62.8 Å². The van der Waals surface area contributed by atoms with Crippen molar-refractivity contribution in [3.05, 3.63) is 0 Å². The summed E-state index contributed by atoms with van der Waals surface area (Å²) in [5, 5.41) is 27.0. The van der Waals surface area contributed by atoms with Gasteiger partial charge in [-0.05, 0) is 109 Å². The Labute approximate surface area is 246 Å². The lowest BCUT2D eigenvalue weighted by Gasteiger charge is -2.72. The summed E-state index contributed by atoms with van der Waals surface area (Å²) in [5.74, 6) is -2.65. The van der Waals surface area contributed by atoms with Gasteiger partial charge in [-0.1, -0.05) is 27.2 Å². The number of hydrogen-bond acceptors (Lipinski definition) is 3. The predicted octanol–water partition coefficient (Wildman–Crippen LogP) is 1.69. The molecule has 0 aromatic rings. The predicted molar refractivity (Wildman–Crippen MR) is 161 cm³/mol. The molecule has 0 saturated heterocycles. The highest BCUT2D eigenvalue weighted by Crippen LogP contribution is 2.74. The van der Waals surface area contributed by atoms with E-state index in [1.165, 1.54) is 0 Å². The van der Waals surface area contributed by atoms with Crippen LogP contribution < -0.4 is 0 Å². The van der Waals surface area contributed by atoms with Gasteiger partial charge in [-0.3, -0.25) is 4.79 Å². The van der Waals surface area contributed by atoms with E-state index in [0.717, 1.165) is 38.5 Å². The summed E-state index contributed by atoms with van der Waals surface area (Å²) in [4.78, 5) is 11.8. The zero-order valence-corrected chi connectivity index (χ0v) is 23.9. The first-order valence-corrected chi connectivity index (χ1v) is 14.6. The fourth-order valence-corrected chi connectivity index (χ4v) is 10.3. The Hall–Kier alpha value is -0.0905. The van der Waals surface area contributed by atoms with E-state index in [1.807, 2.05) is 6.92 Å². The van der Waals surface area contributed by atoms with Crippen LogP contribution >= 0.6 is 0 Å². The number of fused-ring (bicyclic) bond motifs is 5. The molecule has 4 aliphatic carbocycles. The Bertz CT molecular complexity index is 955. The lowest BCUT2D eigenvalue weighted by molar-refractivity contribution is -0.223. The molecule has 39 heavy (non-hydrogen) atoms.